The van der Waals surface area contributed by atoms with Crippen molar-refractivity contribution in [3.8, 4) is 0 Å². The summed E-state index contributed by atoms with van der Waals surface area (Å²) in [6.45, 7) is 4.27. The van der Waals surface area contributed by atoms with E-state index in [1.165, 1.54) is 12.0 Å². The molecule has 4 atom stereocenters. The van der Waals surface area contributed by atoms with E-state index in [9.17, 15) is 9.90 Å². The largest absolute Gasteiger partial charge is 0.466 e. The quantitative estimate of drug-likeness (QED) is 0.736. The van der Waals surface area contributed by atoms with E-state index in [0.29, 0.717) is 38.3 Å². The summed E-state index contributed by atoms with van der Waals surface area (Å²) in [6.07, 6.45) is 2.65. The fraction of sp³-hybridized carbons (Fsp3) is 0.522. The van der Waals surface area contributed by atoms with Gasteiger partial charge in [0.2, 0.25) is 5.91 Å². The van der Waals surface area contributed by atoms with Gasteiger partial charge in [0.15, 0.2) is 0 Å². The van der Waals surface area contributed by atoms with E-state index < -0.39 is 0 Å². The van der Waals surface area contributed by atoms with Crippen molar-refractivity contribution in [3.63, 3.8) is 0 Å². The molecule has 0 spiro atoms. The van der Waals surface area contributed by atoms with Gasteiger partial charge in [0.1, 0.15) is 11.5 Å². The first-order chi connectivity index (χ1) is 13.6. The fourth-order valence-electron chi connectivity index (χ4n) is 4.18. The van der Waals surface area contributed by atoms with E-state index in [1.54, 1.807) is 0 Å². The molecular weight excluding hydrogens is 352 g/mol. The van der Waals surface area contributed by atoms with E-state index in [1.807, 2.05) is 24.3 Å². The van der Waals surface area contributed by atoms with Crippen molar-refractivity contribution in [2.75, 3.05) is 13.1 Å². The molecule has 28 heavy (non-hydrogen) atoms. The van der Waals surface area contributed by atoms with Gasteiger partial charge in [0, 0.05) is 44.4 Å². The Balaban J connectivity index is 1.22. The van der Waals surface area contributed by atoms with Crippen molar-refractivity contribution in [2.45, 2.75) is 57.2 Å². The molecule has 0 bridgehead atoms. The first-order valence-corrected chi connectivity index (χ1v) is 10.4. The molecule has 2 aromatic rings. The molecule has 150 valence electrons. The number of carbonyl (C=O) groups is 1. The van der Waals surface area contributed by atoms with Crippen molar-refractivity contribution >= 4 is 5.91 Å². The number of aliphatic hydroxyl groups excluding tert-OH is 1. The van der Waals surface area contributed by atoms with Gasteiger partial charge in [-0.3, -0.25) is 9.69 Å². The summed E-state index contributed by atoms with van der Waals surface area (Å²) in [5, 5.41) is 13.1. The third kappa shape index (κ3) is 4.83. The Bertz CT molecular complexity index is 788. The molecule has 5 nitrogen and oxygen atoms in total. The number of aliphatic hydroxyl groups is 1. The van der Waals surface area contributed by atoms with Crippen LogP contribution in [-0.2, 0) is 17.8 Å². The number of nitrogens with one attached hydrogen (secondary N) is 1. The molecule has 4 rings (SSSR count). The van der Waals surface area contributed by atoms with Crippen molar-refractivity contribution in [1.29, 1.82) is 0 Å². The number of benzene rings is 1. The van der Waals surface area contributed by atoms with Gasteiger partial charge in [-0.1, -0.05) is 37.3 Å². The van der Waals surface area contributed by atoms with Crippen molar-refractivity contribution in [2.24, 2.45) is 5.92 Å². The van der Waals surface area contributed by atoms with Crippen LogP contribution < -0.4 is 5.32 Å². The highest BCUT2D eigenvalue weighted by molar-refractivity contribution is 5.76. The van der Waals surface area contributed by atoms with Crippen LogP contribution >= 0.6 is 0 Å². The number of likely N-dealkylation sites (tertiary alicyclic amines) is 1. The third-order valence-corrected chi connectivity index (χ3v) is 6.02. The van der Waals surface area contributed by atoms with Crippen LogP contribution in [0.25, 0.3) is 0 Å². The summed E-state index contributed by atoms with van der Waals surface area (Å²) in [4.78, 5) is 14.6. The Hall–Kier alpha value is -2.11. The molecule has 1 saturated heterocycles. The maximum absolute atomic E-state index is 12.3. The van der Waals surface area contributed by atoms with Crippen LogP contribution in [0.1, 0.15) is 49.2 Å². The number of nitrogens with zero attached hydrogens (tertiary/aromatic N) is 1. The standard InChI is InChI=1S/C23H30N2O3/c1-16-11-21(16)22-9-7-20(28-22)8-10-23(27)24-13-18-12-19(26)15-25(18)14-17-5-3-2-4-6-17/h2-7,9,16,18-19,21,26H,8,10-15H2,1H3,(H,24,27). The minimum absolute atomic E-state index is 0.0405. The normalized spacial score (nSPS) is 27.1. The lowest BCUT2D eigenvalue weighted by Crippen LogP contribution is -2.39. The smallest absolute Gasteiger partial charge is 0.220 e. The summed E-state index contributed by atoms with van der Waals surface area (Å²) >= 11 is 0. The summed E-state index contributed by atoms with van der Waals surface area (Å²) in [6, 6.07) is 14.5. The molecular formula is C23H30N2O3. The van der Waals surface area contributed by atoms with Gasteiger partial charge < -0.3 is 14.8 Å². The average Bonchev–Trinajstić information content (AvgIpc) is 3.09. The maximum Gasteiger partial charge on any atom is 0.220 e. The Morgan fingerprint density at radius 1 is 1.21 bits per heavy atom. The van der Waals surface area contributed by atoms with Gasteiger partial charge in [-0.05, 0) is 36.5 Å². The zero-order chi connectivity index (χ0) is 19.5. The average molecular weight is 383 g/mol. The number of hydrogen-bond donors (Lipinski definition) is 2. The molecule has 1 aromatic heterocycles. The number of aryl methyl sites for hydroxylation is 1. The molecule has 1 saturated carbocycles. The van der Waals surface area contributed by atoms with Crippen LogP contribution in [0.2, 0.25) is 0 Å². The molecule has 1 aliphatic heterocycles. The highest BCUT2D eigenvalue weighted by Crippen LogP contribution is 2.47. The van der Waals surface area contributed by atoms with Crippen LogP contribution in [0.5, 0.6) is 0 Å². The zero-order valence-electron chi connectivity index (χ0n) is 16.5. The lowest BCUT2D eigenvalue weighted by molar-refractivity contribution is -0.121. The molecule has 2 fully saturated rings. The van der Waals surface area contributed by atoms with Gasteiger partial charge in [-0.15, -0.1) is 0 Å². The van der Waals surface area contributed by atoms with Crippen molar-refractivity contribution in [1.82, 2.24) is 10.2 Å². The molecule has 1 aliphatic carbocycles. The first kappa shape index (κ1) is 19.2. The lowest BCUT2D eigenvalue weighted by Gasteiger charge is -2.24. The van der Waals surface area contributed by atoms with Crippen molar-refractivity contribution < 1.29 is 14.3 Å². The summed E-state index contributed by atoms with van der Waals surface area (Å²) in [5.74, 6) is 3.30. The topological polar surface area (TPSA) is 65.7 Å². The molecule has 2 N–H and O–H groups in total. The van der Waals surface area contributed by atoms with E-state index in [2.05, 4.69) is 35.3 Å². The predicted molar refractivity (Wildman–Crippen MR) is 108 cm³/mol. The Kier molecular flexibility index (Phi) is 5.83. The van der Waals surface area contributed by atoms with E-state index >= 15 is 0 Å². The fourth-order valence-corrected chi connectivity index (χ4v) is 4.18. The molecule has 0 radical (unpaired) electrons. The summed E-state index contributed by atoms with van der Waals surface area (Å²) < 4.78 is 5.88. The number of hydrogen-bond acceptors (Lipinski definition) is 4. The van der Waals surface area contributed by atoms with Gasteiger partial charge >= 0.3 is 0 Å². The third-order valence-electron chi connectivity index (χ3n) is 6.02. The number of rotatable bonds is 8. The summed E-state index contributed by atoms with van der Waals surface area (Å²) in [5.41, 5.74) is 1.23. The number of furan rings is 1. The Morgan fingerprint density at radius 3 is 2.75 bits per heavy atom. The second-order valence-corrected chi connectivity index (χ2v) is 8.39. The van der Waals surface area contributed by atoms with Gasteiger partial charge in [-0.25, -0.2) is 0 Å². The minimum Gasteiger partial charge on any atom is -0.466 e. The highest BCUT2D eigenvalue weighted by atomic mass is 16.3. The molecule has 1 aromatic carbocycles. The molecule has 1 amide bonds. The molecule has 2 aliphatic rings. The minimum atomic E-state index is -0.322. The number of amides is 1. The monoisotopic (exact) mass is 382 g/mol. The van der Waals surface area contributed by atoms with Crippen molar-refractivity contribution in [3.05, 3.63) is 59.5 Å². The van der Waals surface area contributed by atoms with Gasteiger partial charge in [0.05, 0.1) is 6.10 Å². The second kappa shape index (κ2) is 8.50. The van der Waals surface area contributed by atoms with Crippen LogP contribution in [0.15, 0.2) is 46.9 Å². The van der Waals surface area contributed by atoms with E-state index in [4.69, 9.17) is 4.42 Å². The van der Waals surface area contributed by atoms with E-state index in [-0.39, 0.29) is 18.1 Å². The predicted octanol–water partition coefficient (Wildman–Crippen LogP) is 3.09. The summed E-state index contributed by atoms with van der Waals surface area (Å²) in [7, 11) is 0. The highest BCUT2D eigenvalue weighted by Gasteiger charge is 2.36. The molecule has 4 unspecified atom stereocenters. The maximum atomic E-state index is 12.3. The Labute approximate surface area is 166 Å². The number of β-amino-alcohol motifs (C(OH)–C–C–N with tert-alkyl or cyclic N) is 1. The van der Waals surface area contributed by atoms with E-state index in [0.717, 1.165) is 24.0 Å². The van der Waals surface area contributed by atoms with Crippen LogP contribution in [0, 0.1) is 5.92 Å². The first-order valence-electron chi connectivity index (χ1n) is 10.4. The molecule has 5 heteroatoms. The second-order valence-electron chi connectivity index (χ2n) is 8.39. The SMILES string of the molecule is CC1CC1c1ccc(CCC(=O)NCC2CC(O)CN2Cc2ccccc2)o1. The van der Waals surface area contributed by atoms with Crippen LogP contribution in [0.4, 0.5) is 0 Å². The van der Waals surface area contributed by atoms with Crippen LogP contribution in [-0.4, -0.2) is 41.1 Å². The van der Waals surface area contributed by atoms with Gasteiger partial charge in [0.25, 0.3) is 0 Å². The van der Waals surface area contributed by atoms with Gasteiger partial charge in [-0.2, -0.15) is 0 Å². The lowest BCUT2D eigenvalue weighted by atomic mass is 10.1. The zero-order valence-corrected chi connectivity index (χ0v) is 16.5. The number of carbonyl (C=O) groups excluding carboxylic acids is 1. The van der Waals surface area contributed by atoms with Crippen LogP contribution in [0.3, 0.4) is 0 Å². The Morgan fingerprint density at radius 2 is 2.00 bits per heavy atom. The molecule has 2 heterocycles.